The molecule has 0 N–H and O–H groups in total. The lowest BCUT2D eigenvalue weighted by Crippen LogP contribution is -2.30. The Morgan fingerprint density at radius 3 is 2.34 bits per heavy atom. The van der Waals surface area contributed by atoms with Crippen LogP contribution in [0.15, 0.2) is 41.7 Å². The lowest BCUT2D eigenvalue weighted by molar-refractivity contribution is 0.831. The van der Waals surface area contributed by atoms with Crippen molar-refractivity contribution >= 4 is 28.5 Å². The third-order valence-electron chi connectivity index (χ3n) is 6.85. The molecule has 1 atom stereocenters. The number of aliphatic imine (C=N–C) groups is 1. The van der Waals surface area contributed by atoms with Gasteiger partial charge in [-0.15, -0.1) is 0 Å². The van der Waals surface area contributed by atoms with Crippen LogP contribution in [0.4, 0.5) is 5.69 Å². The Bertz CT molecular complexity index is 1280. The molecule has 3 aromatic rings. The Morgan fingerprint density at radius 2 is 1.66 bits per heavy atom. The van der Waals surface area contributed by atoms with Crippen molar-refractivity contribution in [2.75, 3.05) is 4.90 Å². The topological polar surface area (TPSA) is 41.4 Å². The second-order valence-electron chi connectivity index (χ2n) is 10.0. The lowest BCUT2D eigenvalue weighted by Gasteiger charge is -2.31. The minimum Gasteiger partial charge on any atom is -0.301 e. The monoisotopic (exact) mass is 424 g/mol. The van der Waals surface area contributed by atoms with Gasteiger partial charge >= 0.3 is 0 Å². The molecule has 0 saturated heterocycles. The number of amidine groups is 1. The molecule has 0 amide bonds. The van der Waals surface area contributed by atoms with Crippen LogP contribution < -0.4 is 4.90 Å². The first kappa shape index (κ1) is 20.9. The van der Waals surface area contributed by atoms with E-state index in [-0.39, 0.29) is 6.04 Å². The zero-order valence-corrected chi connectivity index (χ0v) is 20.1. The number of aromatic nitrogens is 2. The number of hydrogen-bond acceptors (Lipinski definition) is 4. The molecule has 0 bridgehead atoms. The molecule has 0 saturated carbocycles. The van der Waals surface area contributed by atoms with Crippen molar-refractivity contribution in [3.63, 3.8) is 0 Å². The van der Waals surface area contributed by atoms with E-state index in [1.54, 1.807) is 0 Å². The normalized spacial score (nSPS) is 17.1. The van der Waals surface area contributed by atoms with E-state index in [0.29, 0.717) is 17.8 Å². The smallest absolute Gasteiger partial charge is 0.141 e. The number of hydrogen-bond donors (Lipinski definition) is 0. The molecule has 3 heterocycles. The maximum absolute atomic E-state index is 5.16. The molecule has 2 aliphatic rings. The second-order valence-corrected chi connectivity index (χ2v) is 10.0. The van der Waals surface area contributed by atoms with Crippen molar-refractivity contribution in [1.29, 1.82) is 0 Å². The molecule has 2 aliphatic heterocycles. The van der Waals surface area contributed by atoms with Crippen LogP contribution in [-0.4, -0.2) is 16.0 Å². The average molecular weight is 425 g/mol. The second kappa shape index (κ2) is 7.54. The minimum absolute atomic E-state index is 0.167. The Labute approximate surface area is 191 Å². The van der Waals surface area contributed by atoms with Crippen LogP contribution in [0.25, 0.3) is 17.0 Å². The third-order valence-corrected chi connectivity index (χ3v) is 6.85. The first-order valence-electron chi connectivity index (χ1n) is 11.8. The molecule has 2 aromatic carbocycles. The summed E-state index contributed by atoms with van der Waals surface area (Å²) in [6.07, 6.45) is 6.33. The standard InChI is InChI=1S/C28H32N4/c1-15(2)19-8-9-20-18(7)30-28-26(20)21(19)11-13-32(28)24-14-23(16(3)4)27-22(10-12-29-31-27)25(24)17(5)6/h8-18H,1-7H3/t18-/m0/s1. The molecule has 164 valence electrons. The van der Waals surface area contributed by atoms with Crippen molar-refractivity contribution in [3.05, 3.63) is 70.0 Å². The van der Waals surface area contributed by atoms with Crippen molar-refractivity contribution in [2.45, 2.75) is 72.3 Å². The van der Waals surface area contributed by atoms with Crippen molar-refractivity contribution in [3.8, 4) is 0 Å². The molecular formula is C28H32N4. The maximum Gasteiger partial charge on any atom is 0.141 e. The van der Waals surface area contributed by atoms with Gasteiger partial charge < -0.3 is 4.90 Å². The molecule has 32 heavy (non-hydrogen) atoms. The van der Waals surface area contributed by atoms with Crippen LogP contribution in [0.3, 0.4) is 0 Å². The summed E-state index contributed by atoms with van der Waals surface area (Å²) in [6, 6.07) is 9.19. The first-order valence-corrected chi connectivity index (χ1v) is 11.8. The summed E-state index contributed by atoms with van der Waals surface area (Å²) in [6.45, 7) is 15.7. The van der Waals surface area contributed by atoms with Gasteiger partial charge in [-0.25, -0.2) is 0 Å². The fraction of sp³-hybridized carbons (Fsp3) is 0.393. The van der Waals surface area contributed by atoms with Crippen LogP contribution in [0, 0.1) is 0 Å². The first-order chi connectivity index (χ1) is 15.3. The molecule has 0 radical (unpaired) electrons. The zero-order chi connectivity index (χ0) is 22.7. The van der Waals surface area contributed by atoms with Gasteiger partial charge in [0.2, 0.25) is 0 Å². The van der Waals surface area contributed by atoms with Crippen LogP contribution in [0.1, 0.15) is 106 Å². The van der Waals surface area contributed by atoms with E-state index in [2.05, 4.69) is 100 Å². The quantitative estimate of drug-likeness (QED) is 0.441. The van der Waals surface area contributed by atoms with Crippen molar-refractivity contribution in [1.82, 2.24) is 10.2 Å². The van der Waals surface area contributed by atoms with Gasteiger partial charge in [0.25, 0.3) is 0 Å². The molecule has 0 unspecified atom stereocenters. The minimum atomic E-state index is 0.167. The summed E-state index contributed by atoms with van der Waals surface area (Å²) in [4.78, 5) is 7.48. The summed E-state index contributed by atoms with van der Waals surface area (Å²) in [5, 5.41) is 9.94. The average Bonchev–Trinajstić information content (AvgIpc) is 3.10. The molecular weight excluding hydrogens is 392 g/mol. The Kier molecular flexibility index (Phi) is 4.92. The van der Waals surface area contributed by atoms with Crippen LogP contribution in [0.2, 0.25) is 0 Å². The molecule has 0 fully saturated rings. The summed E-state index contributed by atoms with van der Waals surface area (Å²) >= 11 is 0. The number of benzene rings is 2. The van der Waals surface area contributed by atoms with E-state index >= 15 is 0 Å². The predicted molar refractivity (Wildman–Crippen MR) is 135 cm³/mol. The summed E-state index contributed by atoms with van der Waals surface area (Å²) < 4.78 is 0. The van der Waals surface area contributed by atoms with Crippen LogP contribution in [0.5, 0.6) is 0 Å². The van der Waals surface area contributed by atoms with E-state index in [4.69, 9.17) is 4.99 Å². The highest BCUT2D eigenvalue weighted by Gasteiger charge is 2.34. The Balaban J connectivity index is 1.79. The predicted octanol–water partition coefficient (Wildman–Crippen LogP) is 7.31. The van der Waals surface area contributed by atoms with Gasteiger partial charge in [-0.05, 0) is 70.7 Å². The van der Waals surface area contributed by atoms with Crippen molar-refractivity contribution < 1.29 is 0 Å². The molecule has 0 aliphatic carbocycles. The summed E-state index contributed by atoms with van der Waals surface area (Å²) in [5.41, 5.74) is 10.1. The van der Waals surface area contributed by atoms with Gasteiger partial charge in [0.15, 0.2) is 0 Å². The molecule has 0 spiro atoms. The molecule has 4 heteroatoms. The Hall–Kier alpha value is -3.01. The SMILES string of the molecule is CC(C)c1ccc2c3c1C=CN(c1cc(C(C)C)c4nnccc4c1C(C)C)C3=N[C@H]2C. The summed E-state index contributed by atoms with van der Waals surface area (Å²) in [5.74, 6) is 2.24. The largest absolute Gasteiger partial charge is 0.301 e. The zero-order valence-electron chi connectivity index (χ0n) is 20.1. The molecule has 5 rings (SSSR count). The van der Waals surface area contributed by atoms with E-state index in [1.807, 2.05) is 6.20 Å². The van der Waals surface area contributed by atoms with Gasteiger partial charge in [0, 0.05) is 17.1 Å². The number of rotatable bonds is 4. The number of nitrogens with zero attached hydrogens (tertiary/aromatic N) is 4. The van der Waals surface area contributed by atoms with Gasteiger partial charge in [-0.3, -0.25) is 4.99 Å². The van der Waals surface area contributed by atoms with E-state index < -0.39 is 0 Å². The fourth-order valence-corrected chi connectivity index (χ4v) is 5.29. The van der Waals surface area contributed by atoms with Crippen LogP contribution in [-0.2, 0) is 0 Å². The highest BCUT2D eigenvalue weighted by Crippen LogP contribution is 2.44. The van der Waals surface area contributed by atoms with E-state index in [0.717, 1.165) is 11.4 Å². The third kappa shape index (κ3) is 3.00. The number of fused-ring (bicyclic) bond motifs is 1. The number of anilines is 1. The summed E-state index contributed by atoms with van der Waals surface area (Å²) in [7, 11) is 0. The van der Waals surface area contributed by atoms with Crippen molar-refractivity contribution in [2.24, 2.45) is 4.99 Å². The van der Waals surface area contributed by atoms with Gasteiger partial charge in [-0.2, -0.15) is 10.2 Å². The van der Waals surface area contributed by atoms with Gasteiger partial charge in [-0.1, -0.05) is 53.7 Å². The Morgan fingerprint density at radius 1 is 0.906 bits per heavy atom. The molecule has 4 nitrogen and oxygen atoms in total. The van der Waals surface area contributed by atoms with Crippen LogP contribution >= 0.6 is 0 Å². The van der Waals surface area contributed by atoms with E-state index in [1.165, 1.54) is 44.5 Å². The van der Waals surface area contributed by atoms with Gasteiger partial charge in [0.05, 0.1) is 23.4 Å². The fourth-order valence-electron chi connectivity index (χ4n) is 5.29. The lowest BCUT2D eigenvalue weighted by atomic mass is 9.86. The highest BCUT2D eigenvalue weighted by molar-refractivity contribution is 6.19. The highest BCUT2D eigenvalue weighted by atomic mass is 15.2. The molecule has 1 aromatic heterocycles. The van der Waals surface area contributed by atoms with Gasteiger partial charge in [0.1, 0.15) is 5.84 Å². The van der Waals surface area contributed by atoms with E-state index in [9.17, 15) is 0 Å². The maximum atomic E-state index is 5.16.